The van der Waals surface area contributed by atoms with Crippen molar-refractivity contribution >= 4 is 23.3 Å². The molecule has 0 aromatic heterocycles. The number of aromatic carboxylic acids is 1. The molecule has 4 rings (SSSR count). The van der Waals surface area contributed by atoms with Crippen LogP contribution in [0.15, 0.2) is 42.5 Å². The maximum atomic E-state index is 12.9. The first-order valence-corrected chi connectivity index (χ1v) is 12.9. The molecule has 0 aliphatic carbocycles. The molecule has 0 unspecified atom stereocenters. The number of carbonyl (C=O) groups excluding carboxylic acids is 1. The summed E-state index contributed by atoms with van der Waals surface area (Å²) < 4.78 is 5.43. The van der Waals surface area contributed by atoms with Gasteiger partial charge in [-0.1, -0.05) is 17.7 Å². The molecule has 2 N–H and O–H groups in total. The van der Waals surface area contributed by atoms with Crippen LogP contribution in [0.1, 0.15) is 45.5 Å². The van der Waals surface area contributed by atoms with Crippen molar-refractivity contribution in [1.82, 2.24) is 9.80 Å². The zero-order valence-corrected chi connectivity index (χ0v) is 21.4. The lowest BCUT2D eigenvalue weighted by molar-refractivity contribution is 0.0357. The molecule has 2 aliphatic heterocycles. The highest BCUT2D eigenvalue weighted by atomic mass is 16.5. The number of carboxylic acids is 1. The molecule has 0 radical (unpaired) electrons. The molecular weight excluding hydrogens is 456 g/mol. The Hall–Kier alpha value is -2.94. The fourth-order valence-electron chi connectivity index (χ4n) is 5.04. The molecule has 2 heterocycles. The Kier molecular flexibility index (Phi) is 8.96. The molecule has 0 atom stereocenters. The van der Waals surface area contributed by atoms with Gasteiger partial charge < -0.3 is 25.0 Å². The van der Waals surface area contributed by atoms with Crippen LogP contribution in [0.3, 0.4) is 0 Å². The Morgan fingerprint density at radius 3 is 2.36 bits per heavy atom. The number of hydrogen-bond acceptors (Lipinski definition) is 6. The first-order valence-electron chi connectivity index (χ1n) is 12.9. The second-order valence-electron chi connectivity index (χ2n) is 9.86. The highest BCUT2D eigenvalue weighted by Crippen LogP contribution is 2.31. The van der Waals surface area contributed by atoms with Crippen molar-refractivity contribution < 1.29 is 19.4 Å². The standard InChI is InChI=1S/C28H38N4O4/c1-21-4-6-22(7-5-21)27(33)29-25-20-23(28(34)35)8-9-26(25)32-14-10-24(11-15-32)30(2)12-3-13-31-16-18-36-19-17-31/h4-9,20,24H,3,10-19H2,1-2H3,(H,29,33)(H,34,35). The third-order valence-electron chi connectivity index (χ3n) is 7.32. The summed E-state index contributed by atoms with van der Waals surface area (Å²) >= 11 is 0. The van der Waals surface area contributed by atoms with Crippen molar-refractivity contribution in [3.8, 4) is 0 Å². The molecule has 0 bridgehead atoms. The summed E-state index contributed by atoms with van der Waals surface area (Å²) in [5, 5.41) is 12.5. The van der Waals surface area contributed by atoms with Gasteiger partial charge in [-0.05, 0) is 76.7 Å². The minimum Gasteiger partial charge on any atom is -0.478 e. The molecule has 0 saturated carbocycles. The van der Waals surface area contributed by atoms with Crippen molar-refractivity contribution in [3.05, 3.63) is 59.2 Å². The Labute approximate surface area is 213 Å². The molecule has 36 heavy (non-hydrogen) atoms. The lowest BCUT2D eigenvalue weighted by atomic mass is 10.0. The van der Waals surface area contributed by atoms with E-state index in [-0.39, 0.29) is 11.5 Å². The van der Waals surface area contributed by atoms with Crippen LogP contribution in [-0.2, 0) is 4.74 Å². The zero-order valence-electron chi connectivity index (χ0n) is 21.4. The van der Waals surface area contributed by atoms with Crippen LogP contribution < -0.4 is 10.2 Å². The van der Waals surface area contributed by atoms with Gasteiger partial charge in [0.05, 0.1) is 30.2 Å². The largest absolute Gasteiger partial charge is 0.478 e. The second kappa shape index (κ2) is 12.3. The second-order valence-corrected chi connectivity index (χ2v) is 9.86. The van der Waals surface area contributed by atoms with Gasteiger partial charge in [-0.25, -0.2) is 4.79 Å². The maximum Gasteiger partial charge on any atom is 0.335 e. The average molecular weight is 495 g/mol. The minimum atomic E-state index is -1.01. The summed E-state index contributed by atoms with van der Waals surface area (Å²) in [6.07, 6.45) is 3.21. The van der Waals surface area contributed by atoms with Crippen LogP contribution >= 0.6 is 0 Å². The predicted octanol–water partition coefficient (Wildman–Crippen LogP) is 3.57. The maximum absolute atomic E-state index is 12.9. The van der Waals surface area contributed by atoms with Gasteiger partial charge in [0, 0.05) is 37.8 Å². The number of piperidine rings is 1. The van der Waals surface area contributed by atoms with Gasteiger partial charge in [0.15, 0.2) is 0 Å². The number of aryl methyl sites for hydroxylation is 1. The van der Waals surface area contributed by atoms with Gasteiger partial charge in [-0.3, -0.25) is 9.69 Å². The number of rotatable bonds is 9. The van der Waals surface area contributed by atoms with Crippen LogP contribution in [0.25, 0.3) is 0 Å². The van der Waals surface area contributed by atoms with Crippen molar-refractivity contribution in [3.63, 3.8) is 0 Å². The Bertz CT molecular complexity index is 1030. The third-order valence-corrected chi connectivity index (χ3v) is 7.32. The minimum absolute atomic E-state index is 0.160. The van der Waals surface area contributed by atoms with E-state index in [1.165, 1.54) is 0 Å². The lowest BCUT2D eigenvalue weighted by Crippen LogP contribution is -2.44. The van der Waals surface area contributed by atoms with E-state index in [1.807, 2.05) is 25.1 Å². The number of benzene rings is 2. The molecule has 194 valence electrons. The number of morpholine rings is 1. The summed E-state index contributed by atoms with van der Waals surface area (Å²) in [7, 11) is 2.22. The Morgan fingerprint density at radius 1 is 1.03 bits per heavy atom. The van der Waals surface area contributed by atoms with E-state index in [2.05, 4.69) is 27.1 Å². The van der Waals surface area contributed by atoms with Crippen LogP contribution in [0.2, 0.25) is 0 Å². The first kappa shape index (κ1) is 26.1. The molecular formula is C28H38N4O4. The number of carboxylic acid groups (broad SMARTS) is 1. The predicted molar refractivity (Wildman–Crippen MR) is 142 cm³/mol. The van der Waals surface area contributed by atoms with Gasteiger partial charge in [0.1, 0.15) is 0 Å². The van der Waals surface area contributed by atoms with E-state index < -0.39 is 5.97 Å². The third kappa shape index (κ3) is 6.84. The van der Waals surface area contributed by atoms with Crippen LogP contribution in [0.5, 0.6) is 0 Å². The van der Waals surface area contributed by atoms with E-state index in [0.717, 1.165) is 83.0 Å². The van der Waals surface area contributed by atoms with Crippen molar-refractivity contribution in [2.24, 2.45) is 0 Å². The zero-order chi connectivity index (χ0) is 25.5. The molecule has 2 aromatic rings. The number of anilines is 2. The Morgan fingerprint density at radius 2 is 1.69 bits per heavy atom. The molecule has 0 spiro atoms. The molecule has 8 heteroatoms. The first-order chi connectivity index (χ1) is 17.4. The van der Waals surface area contributed by atoms with Crippen molar-refractivity contribution in [2.75, 3.05) is 69.7 Å². The van der Waals surface area contributed by atoms with E-state index in [0.29, 0.717) is 17.3 Å². The molecule has 2 aromatic carbocycles. The van der Waals surface area contributed by atoms with E-state index in [1.54, 1.807) is 24.3 Å². The summed E-state index contributed by atoms with van der Waals surface area (Å²) in [4.78, 5) is 31.7. The topological polar surface area (TPSA) is 85.3 Å². The van der Waals surface area contributed by atoms with E-state index >= 15 is 0 Å². The number of carbonyl (C=O) groups is 2. The summed E-state index contributed by atoms with van der Waals surface area (Å²) in [5.74, 6) is -1.25. The average Bonchev–Trinajstić information content (AvgIpc) is 2.89. The molecule has 2 fully saturated rings. The monoisotopic (exact) mass is 494 g/mol. The number of hydrogen-bond donors (Lipinski definition) is 2. The molecule has 1 amide bonds. The van der Waals surface area contributed by atoms with Crippen molar-refractivity contribution in [2.45, 2.75) is 32.2 Å². The van der Waals surface area contributed by atoms with Crippen LogP contribution in [0.4, 0.5) is 11.4 Å². The highest BCUT2D eigenvalue weighted by Gasteiger charge is 2.25. The SMILES string of the molecule is Cc1ccc(C(=O)Nc2cc(C(=O)O)ccc2N2CCC(N(C)CCCN3CCOCC3)CC2)cc1. The normalized spacial score (nSPS) is 17.4. The highest BCUT2D eigenvalue weighted by molar-refractivity contribution is 6.06. The molecule has 2 saturated heterocycles. The number of nitrogens with one attached hydrogen (secondary N) is 1. The fraction of sp³-hybridized carbons (Fsp3) is 0.500. The quantitative estimate of drug-likeness (QED) is 0.551. The van der Waals surface area contributed by atoms with Crippen LogP contribution in [0, 0.1) is 6.92 Å². The summed E-state index contributed by atoms with van der Waals surface area (Å²) in [6.45, 7) is 9.64. The Balaban J connectivity index is 1.36. The van der Waals surface area contributed by atoms with E-state index in [4.69, 9.17) is 4.74 Å². The van der Waals surface area contributed by atoms with Crippen LogP contribution in [-0.4, -0.2) is 92.4 Å². The molecule has 2 aliphatic rings. The van der Waals surface area contributed by atoms with Gasteiger partial charge in [0.2, 0.25) is 0 Å². The van der Waals surface area contributed by atoms with E-state index in [9.17, 15) is 14.7 Å². The number of ether oxygens (including phenoxy) is 1. The van der Waals surface area contributed by atoms with Gasteiger partial charge in [-0.2, -0.15) is 0 Å². The van der Waals surface area contributed by atoms with Gasteiger partial charge >= 0.3 is 5.97 Å². The van der Waals surface area contributed by atoms with Gasteiger partial charge in [-0.15, -0.1) is 0 Å². The molecule has 8 nitrogen and oxygen atoms in total. The number of nitrogens with zero attached hydrogens (tertiary/aromatic N) is 3. The summed E-state index contributed by atoms with van der Waals surface area (Å²) in [6, 6.07) is 12.9. The summed E-state index contributed by atoms with van der Waals surface area (Å²) in [5.41, 5.74) is 3.19. The fourth-order valence-corrected chi connectivity index (χ4v) is 5.04. The smallest absolute Gasteiger partial charge is 0.335 e. The lowest BCUT2D eigenvalue weighted by Gasteiger charge is -2.39. The van der Waals surface area contributed by atoms with Gasteiger partial charge in [0.25, 0.3) is 5.91 Å². The van der Waals surface area contributed by atoms with Crippen molar-refractivity contribution in [1.29, 1.82) is 0 Å². The number of amides is 1.